The number of nitrogens with zero attached hydrogens (tertiary/aromatic N) is 2. The fourth-order valence-electron chi connectivity index (χ4n) is 3.53. The number of nitrogens with two attached hydrogens (primary N) is 1. The number of hydrogen-bond donors (Lipinski definition) is 2. The molecule has 4 nitrogen and oxygen atoms in total. The maximum absolute atomic E-state index is 5.99. The molecule has 3 rings (SSSR count). The van der Waals surface area contributed by atoms with Crippen LogP contribution in [0.1, 0.15) is 37.7 Å². The summed E-state index contributed by atoms with van der Waals surface area (Å²) in [4.78, 5) is 7.03. The molecular weight excluding hydrogens is 403 g/mol. The molecule has 2 aromatic carbocycles. The second-order valence-electron chi connectivity index (χ2n) is 7.30. The van der Waals surface area contributed by atoms with Crippen LogP contribution in [-0.2, 0) is 6.54 Å². The Bertz CT molecular complexity index is 699. The lowest BCUT2D eigenvalue weighted by Crippen LogP contribution is -2.32. The standard InChI is InChI=1S/C23H32N4.2ClH/c24-23(25-15-5-2-6-16-27-17-7-8-18-27)26-19-20-11-13-22(14-12-20)21-9-3-1-4-10-21;;/h1,3-4,9-14H,2,5-8,15-19H2,(H3,24,25,26);2*1H. The van der Waals surface area contributed by atoms with Gasteiger partial charge >= 0.3 is 0 Å². The predicted molar refractivity (Wildman–Crippen MR) is 129 cm³/mol. The Morgan fingerprint density at radius 2 is 1.52 bits per heavy atom. The van der Waals surface area contributed by atoms with Crippen LogP contribution in [0.4, 0.5) is 0 Å². The summed E-state index contributed by atoms with van der Waals surface area (Å²) >= 11 is 0. The Labute approximate surface area is 187 Å². The third-order valence-electron chi connectivity index (χ3n) is 5.15. The molecule has 0 spiro atoms. The van der Waals surface area contributed by atoms with Gasteiger partial charge in [0.05, 0.1) is 6.54 Å². The summed E-state index contributed by atoms with van der Waals surface area (Å²) in [6.45, 7) is 5.36. The molecule has 6 heteroatoms. The Morgan fingerprint density at radius 3 is 2.21 bits per heavy atom. The van der Waals surface area contributed by atoms with E-state index in [4.69, 9.17) is 5.73 Å². The smallest absolute Gasteiger partial charge is 0.188 e. The topological polar surface area (TPSA) is 53.6 Å². The van der Waals surface area contributed by atoms with Gasteiger partial charge in [-0.15, -0.1) is 24.8 Å². The van der Waals surface area contributed by atoms with Crippen molar-refractivity contribution in [3.05, 3.63) is 60.2 Å². The highest BCUT2D eigenvalue weighted by atomic mass is 35.5. The molecule has 0 unspecified atom stereocenters. The van der Waals surface area contributed by atoms with Gasteiger partial charge < -0.3 is 16.0 Å². The molecule has 1 aliphatic rings. The summed E-state index contributed by atoms with van der Waals surface area (Å²) in [6, 6.07) is 18.9. The zero-order valence-corrected chi connectivity index (χ0v) is 18.7. The number of likely N-dealkylation sites (tertiary alicyclic amines) is 1. The van der Waals surface area contributed by atoms with Gasteiger partial charge in [-0.25, -0.2) is 4.99 Å². The van der Waals surface area contributed by atoms with Crippen LogP contribution in [0.25, 0.3) is 11.1 Å². The number of benzene rings is 2. The summed E-state index contributed by atoms with van der Waals surface area (Å²) in [6.07, 6.45) is 6.44. The normalized spacial score (nSPS) is 14.1. The summed E-state index contributed by atoms with van der Waals surface area (Å²) in [5.74, 6) is 0.543. The van der Waals surface area contributed by atoms with Gasteiger partial charge in [0.2, 0.25) is 0 Å². The summed E-state index contributed by atoms with van der Waals surface area (Å²) in [5, 5.41) is 3.23. The quantitative estimate of drug-likeness (QED) is 0.334. The monoisotopic (exact) mass is 436 g/mol. The molecule has 3 N–H and O–H groups in total. The lowest BCUT2D eigenvalue weighted by molar-refractivity contribution is 0.328. The molecule has 0 saturated carbocycles. The van der Waals surface area contributed by atoms with Gasteiger partial charge in [-0.1, -0.05) is 61.0 Å². The van der Waals surface area contributed by atoms with Gasteiger partial charge in [-0.3, -0.25) is 0 Å². The second kappa shape index (κ2) is 14.3. The van der Waals surface area contributed by atoms with Crippen molar-refractivity contribution in [2.24, 2.45) is 10.7 Å². The Balaban J connectivity index is 0.00000210. The summed E-state index contributed by atoms with van der Waals surface area (Å²) in [5.41, 5.74) is 9.62. The molecule has 0 aromatic heterocycles. The SMILES string of the molecule is Cl.Cl.NC(=NCc1ccc(-c2ccccc2)cc1)NCCCCCN1CCCC1. The average Bonchev–Trinajstić information content (AvgIpc) is 3.23. The van der Waals surface area contributed by atoms with Crippen LogP contribution in [0.5, 0.6) is 0 Å². The van der Waals surface area contributed by atoms with Crippen LogP contribution in [0.3, 0.4) is 0 Å². The lowest BCUT2D eigenvalue weighted by atomic mass is 10.0. The first kappa shape index (κ1) is 25.3. The zero-order valence-electron chi connectivity index (χ0n) is 17.1. The first-order valence-electron chi connectivity index (χ1n) is 10.2. The molecule has 1 aliphatic heterocycles. The van der Waals surface area contributed by atoms with Gasteiger partial charge in [0.15, 0.2) is 5.96 Å². The van der Waals surface area contributed by atoms with E-state index in [0.29, 0.717) is 12.5 Å². The average molecular weight is 437 g/mol. The molecule has 2 aromatic rings. The van der Waals surface area contributed by atoms with Crippen molar-refractivity contribution in [1.29, 1.82) is 0 Å². The Morgan fingerprint density at radius 1 is 0.862 bits per heavy atom. The lowest BCUT2D eigenvalue weighted by Gasteiger charge is -2.13. The number of rotatable bonds is 9. The number of aliphatic imine (C=N–C) groups is 1. The van der Waals surface area contributed by atoms with E-state index in [2.05, 4.69) is 63.7 Å². The molecular formula is C23H34Cl2N4. The van der Waals surface area contributed by atoms with Crippen LogP contribution in [0.15, 0.2) is 59.6 Å². The van der Waals surface area contributed by atoms with Crippen molar-refractivity contribution in [3.8, 4) is 11.1 Å². The molecule has 0 atom stereocenters. The van der Waals surface area contributed by atoms with E-state index in [-0.39, 0.29) is 24.8 Å². The minimum absolute atomic E-state index is 0. The van der Waals surface area contributed by atoms with Gasteiger partial charge in [-0.2, -0.15) is 0 Å². The number of halogens is 2. The van der Waals surface area contributed by atoms with Crippen LogP contribution in [-0.4, -0.2) is 37.0 Å². The molecule has 29 heavy (non-hydrogen) atoms. The van der Waals surface area contributed by atoms with E-state index < -0.39 is 0 Å². The number of unbranched alkanes of at least 4 members (excludes halogenated alkanes) is 2. The van der Waals surface area contributed by atoms with Gasteiger partial charge in [-0.05, 0) is 62.0 Å². The maximum atomic E-state index is 5.99. The van der Waals surface area contributed by atoms with Crippen molar-refractivity contribution in [1.82, 2.24) is 10.2 Å². The van der Waals surface area contributed by atoms with E-state index in [1.165, 1.54) is 62.0 Å². The van der Waals surface area contributed by atoms with Crippen molar-refractivity contribution in [2.75, 3.05) is 26.2 Å². The van der Waals surface area contributed by atoms with Gasteiger partial charge in [0.1, 0.15) is 0 Å². The fourth-order valence-corrected chi connectivity index (χ4v) is 3.53. The molecule has 160 valence electrons. The first-order valence-corrected chi connectivity index (χ1v) is 10.2. The van der Waals surface area contributed by atoms with E-state index in [0.717, 1.165) is 13.0 Å². The Hall–Kier alpha value is -1.75. The highest BCUT2D eigenvalue weighted by Crippen LogP contribution is 2.19. The van der Waals surface area contributed by atoms with E-state index in [9.17, 15) is 0 Å². The minimum Gasteiger partial charge on any atom is -0.370 e. The van der Waals surface area contributed by atoms with E-state index in [1.807, 2.05) is 6.07 Å². The van der Waals surface area contributed by atoms with Crippen molar-refractivity contribution >= 4 is 30.8 Å². The number of hydrogen-bond acceptors (Lipinski definition) is 2. The number of guanidine groups is 1. The maximum Gasteiger partial charge on any atom is 0.188 e. The largest absolute Gasteiger partial charge is 0.370 e. The van der Waals surface area contributed by atoms with Gasteiger partial charge in [0, 0.05) is 6.54 Å². The van der Waals surface area contributed by atoms with Crippen molar-refractivity contribution in [3.63, 3.8) is 0 Å². The highest BCUT2D eigenvalue weighted by molar-refractivity contribution is 5.85. The predicted octanol–water partition coefficient (Wildman–Crippen LogP) is 4.87. The molecule has 0 amide bonds. The molecule has 0 bridgehead atoms. The molecule has 1 saturated heterocycles. The summed E-state index contributed by atoms with van der Waals surface area (Å²) < 4.78 is 0. The Kier molecular flexibility index (Phi) is 12.4. The fraction of sp³-hybridized carbons (Fsp3) is 0.435. The first-order chi connectivity index (χ1) is 13.3. The van der Waals surface area contributed by atoms with Crippen molar-refractivity contribution < 1.29 is 0 Å². The summed E-state index contributed by atoms with van der Waals surface area (Å²) in [7, 11) is 0. The highest BCUT2D eigenvalue weighted by Gasteiger charge is 2.09. The van der Waals surface area contributed by atoms with Crippen LogP contribution < -0.4 is 11.1 Å². The molecule has 1 fully saturated rings. The molecule has 1 heterocycles. The van der Waals surface area contributed by atoms with Crippen LogP contribution in [0.2, 0.25) is 0 Å². The molecule has 0 aliphatic carbocycles. The van der Waals surface area contributed by atoms with Crippen LogP contribution >= 0.6 is 24.8 Å². The van der Waals surface area contributed by atoms with E-state index >= 15 is 0 Å². The van der Waals surface area contributed by atoms with Crippen LogP contribution in [0, 0.1) is 0 Å². The number of nitrogens with one attached hydrogen (secondary N) is 1. The molecule has 0 radical (unpaired) electrons. The second-order valence-corrected chi connectivity index (χ2v) is 7.30. The van der Waals surface area contributed by atoms with Gasteiger partial charge in [0.25, 0.3) is 0 Å². The van der Waals surface area contributed by atoms with Crippen molar-refractivity contribution in [2.45, 2.75) is 38.6 Å². The third-order valence-corrected chi connectivity index (χ3v) is 5.15. The van der Waals surface area contributed by atoms with E-state index in [1.54, 1.807) is 0 Å². The third kappa shape index (κ3) is 9.07. The minimum atomic E-state index is 0. The zero-order chi connectivity index (χ0) is 18.7.